The topological polar surface area (TPSA) is 147 Å². The van der Waals surface area contributed by atoms with Crippen LogP contribution in [0.15, 0.2) is 83.9 Å². The number of primary amides is 1. The number of aliphatic imine (C=N–C) groups is 1. The Morgan fingerprint density at radius 2 is 1.69 bits per heavy atom. The van der Waals surface area contributed by atoms with Crippen molar-refractivity contribution in [2.24, 2.45) is 22.6 Å². The third kappa shape index (κ3) is 8.51. The number of fused-ring (bicyclic) bond motifs is 2. The lowest BCUT2D eigenvalue weighted by Crippen LogP contribution is -2.54. The van der Waals surface area contributed by atoms with E-state index in [-0.39, 0.29) is 43.5 Å². The molecule has 4 atom stereocenters. The molecule has 0 spiro atoms. The highest BCUT2D eigenvalue weighted by Gasteiger charge is 2.37. The molecule has 48 heavy (non-hydrogen) atoms. The molecule has 3 aromatic rings. The molecule has 1 saturated carbocycles. The number of piperidine rings is 1. The van der Waals surface area contributed by atoms with Crippen molar-refractivity contribution in [3.63, 3.8) is 0 Å². The van der Waals surface area contributed by atoms with Crippen molar-refractivity contribution in [1.82, 2.24) is 15.5 Å². The maximum atomic E-state index is 13.0. The summed E-state index contributed by atoms with van der Waals surface area (Å²) in [6.07, 6.45) is 7.47. The lowest BCUT2D eigenvalue weighted by atomic mass is 9.75. The Kier molecular flexibility index (Phi) is 10.9. The summed E-state index contributed by atoms with van der Waals surface area (Å²) in [4.78, 5) is 44.9. The summed E-state index contributed by atoms with van der Waals surface area (Å²) in [5, 5.41) is 9.35. The number of nitrogens with two attached hydrogens (primary N) is 1. The number of ether oxygens (including phenoxy) is 2. The second kappa shape index (κ2) is 15.8. The van der Waals surface area contributed by atoms with Crippen molar-refractivity contribution >= 4 is 35.2 Å². The zero-order valence-electron chi connectivity index (χ0n) is 27.1. The van der Waals surface area contributed by atoms with Crippen LogP contribution in [-0.2, 0) is 27.5 Å². The van der Waals surface area contributed by atoms with Crippen LogP contribution in [0, 0.1) is 11.8 Å². The number of carbonyl (C=O) groups excluding carboxylic acids is 3. The van der Waals surface area contributed by atoms with E-state index in [2.05, 4.69) is 16.0 Å². The summed E-state index contributed by atoms with van der Waals surface area (Å²) in [5.74, 6) is 0.387. The van der Waals surface area contributed by atoms with Gasteiger partial charge in [-0.05, 0) is 67.9 Å². The fourth-order valence-corrected chi connectivity index (χ4v) is 7.05. The number of esters is 1. The molecule has 2 aliphatic heterocycles. The Morgan fingerprint density at radius 3 is 2.48 bits per heavy atom. The van der Waals surface area contributed by atoms with Gasteiger partial charge in [0.2, 0.25) is 11.9 Å². The molecule has 2 heterocycles. The molecule has 5 N–H and O–H groups in total. The van der Waals surface area contributed by atoms with E-state index in [0.717, 1.165) is 30.4 Å². The summed E-state index contributed by atoms with van der Waals surface area (Å²) in [7, 11) is 0. The van der Waals surface area contributed by atoms with Crippen LogP contribution >= 0.6 is 0 Å². The van der Waals surface area contributed by atoms with Crippen LogP contribution in [0.4, 0.5) is 16.2 Å². The zero-order valence-corrected chi connectivity index (χ0v) is 27.1. The number of rotatable bonds is 11. The first-order chi connectivity index (χ1) is 23.4. The minimum atomic E-state index is -0.494. The van der Waals surface area contributed by atoms with E-state index in [0.29, 0.717) is 42.1 Å². The molecule has 4 unspecified atom stereocenters. The van der Waals surface area contributed by atoms with Crippen molar-refractivity contribution in [3.8, 4) is 5.75 Å². The molecule has 11 heteroatoms. The molecule has 3 amide bonds. The van der Waals surface area contributed by atoms with Crippen LogP contribution in [-0.4, -0.2) is 54.0 Å². The van der Waals surface area contributed by atoms with E-state index in [9.17, 15) is 14.4 Å². The Balaban J connectivity index is 1.14. The fourth-order valence-electron chi connectivity index (χ4n) is 7.05. The second-order valence-electron chi connectivity index (χ2n) is 12.8. The highest BCUT2D eigenvalue weighted by molar-refractivity contribution is 6.04. The number of hydrogen-bond donors (Lipinski definition) is 4. The number of hydrogen-bond acceptors (Lipinski definition) is 8. The summed E-state index contributed by atoms with van der Waals surface area (Å²) in [5.41, 5.74) is 8.78. The van der Waals surface area contributed by atoms with Gasteiger partial charge < -0.3 is 30.7 Å². The molecule has 3 aromatic carbocycles. The quantitative estimate of drug-likeness (QED) is 0.207. The largest absolute Gasteiger partial charge is 0.493 e. The number of carbonyl (C=O) groups is 3. The van der Waals surface area contributed by atoms with Gasteiger partial charge in [-0.25, -0.2) is 9.79 Å². The monoisotopic (exact) mass is 652 g/mol. The van der Waals surface area contributed by atoms with Gasteiger partial charge in [0.15, 0.2) is 0 Å². The summed E-state index contributed by atoms with van der Waals surface area (Å²) in [6.45, 7) is 0.516. The molecule has 252 valence electrons. The maximum absolute atomic E-state index is 13.0. The third-order valence-corrected chi connectivity index (χ3v) is 9.53. The summed E-state index contributed by atoms with van der Waals surface area (Å²) < 4.78 is 11.8. The van der Waals surface area contributed by atoms with Gasteiger partial charge in [-0.2, -0.15) is 0 Å². The minimum Gasteiger partial charge on any atom is -0.493 e. The van der Waals surface area contributed by atoms with Gasteiger partial charge in [0.1, 0.15) is 18.9 Å². The average molecular weight is 653 g/mol. The fraction of sp³-hybridized carbons (Fsp3) is 0.405. The number of nitrogens with one attached hydrogen (secondary N) is 3. The van der Waals surface area contributed by atoms with E-state index in [4.69, 9.17) is 20.2 Å². The van der Waals surface area contributed by atoms with E-state index in [1.54, 1.807) is 17.0 Å². The Labute approximate surface area is 281 Å². The molecule has 2 fully saturated rings. The van der Waals surface area contributed by atoms with Crippen molar-refractivity contribution in [3.05, 3.63) is 90.0 Å². The molecule has 0 aromatic heterocycles. The first kappa shape index (κ1) is 33.0. The zero-order chi connectivity index (χ0) is 33.3. The van der Waals surface area contributed by atoms with E-state index in [1.165, 1.54) is 19.3 Å². The first-order valence-corrected chi connectivity index (χ1v) is 16.9. The van der Waals surface area contributed by atoms with Gasteiger partial charge in [0, 0.05) is 23.3 Å². The smallest absolute Gasteiger partial charge is 0.326 e. The number of anilines is 1. The van der Waals surface area contributed by atoms with Gasteiger partial charge in [0.05, 0.1) is 24.8 Å². The van der Waals surface area contributed by atoms with Crippen LogP contribution in [0.2, 0.25) is 0 Å². The number of para-hydroxylation sites is 1. The van der Waals surface area contributed by atoms with Gasteiger partial charge in [-0.3, -0.25) is 14.9 Å². The van der Waals surface area contributed by atoms with Crippen molar-refractivity contribution in [2.45, 2.75) is 70.2 Å². The van der Waals surface area contributed by atoms with Crippen molar-refractivity contribution < 1.29 is 23.9 Å². The Morgan fingerprint density at radius 1 is 0.917 bits per heavy atom. The average Bonchev–Trinajstić information content (AvgIpc) is 3.10. The number of guanidine groups is 1. The summed E-state index contributed by atoms with van der Waals surface area (Å²) in [6, 6.07) is 24.0. The van der Waals surface area contributed by atoms with Crippen LogP contribution in [0.5, 0.6) is 5.75 Å². The predicted molar refractivity (Wildman–Crippen MR) is 183 cm³/mol. The van der Waals surface area contributed by atoms with E-state index < -0.39 is 12.0 Å². The van der Waals surface area contributed by atoms with E-state index in [1.807, 2.05) is 66.7 Å². The third-order valence-electron chi connectivity index (χ3n) is 9.53. The highest BCUT2D eigenvalue weighted by Crippen LogP contribution is 2.36. The predicted octanol–water partition coefficient (Wildman–Crippen LogP) is 5.24. The number of amides is 3. The lowest BCUT2D eigenvalue weighted by Gasteiger charge is -2.42. The molecule has 0 bridgehead atoms. The second-order valence-corrected chi connectivity index (χ2v) is 12.8. The van der Waals surface area contributed by atoms with Crippen molar-refractivity contribution in [2.75, 3.05) is 18.5 Å². The molecule has 0 radical (unpaired) electrons. The van der Waals surface area contributed by atoms with Crippen LogP contribution in [0.3, 0.4) is 0 Å². The number of benzene rings is 3. The molecule has 1 saturated heterocycles. The van der Waals surface area contributed by atoms with Gasteiger partial charge in [-0.1, -0.05) is 67.4 Å². The standard InChI is InChI=1S/C37H44N6O5/c38-35(45)28(32-19-18-26-12-7-8-15-30(26)40-32)20-21-47-33-17-9-16-31-29(33)22-43(23-34(44)48-24-25-10-3-1-4-11-25)36(41-31)42-37(46)39-27-13-5-2-6-14-27/h1-6,9-11,13-14,16-17,26,28,30,32,40H,7-8,12,15,18-24H2,(H2,38,45)(H2,39,41,42,46). The van der Waals surface area contributed by atoms with Crippen LogP contribution in [0.1, 0.15) is 56.1 Å². The molecular weight excluding hydrogens is 608 g/mol. The lowest BCUT2D eigenvalue weighted by molar-refractivity contribution is -0.145. The highest BCUT2D eigenvalue weighted by atomic mass is 16.5. The maximum Gasteiger partial charge on any atom is 0.326 e. The van der Waals surface area contributed by atoms with Gasteiger partial charge in [-0.15, -0.1) is 0 Å². The molecule has 6 rings (SSSR count). The van der Waals surface area contributed by atoms with Crippen LogP contribution < -0.4 is 26.4 Å². The normalized spacial score (nSPS) is 20.7. The SMILES string of the molecule is NC(=O)C(CCOc1cccc2c1CN(CC(=O)OCc1ccccc1)C(NC(=O)Nc1ccccc1)=N2)C1CCC2CCCCC2N1. The summed E-state index contributed by atoms with van der Waals surface area (Å²) >= 11 is 0. The Bertz CT molecular complexity index is 1600. The minimum absolute atomic E-state index is 0.0489. The van der Waals surface area contributed by atoms with Crippen LogP contribution in [0.25, 0.3) is 0 Å². The molecular formula is C37H44N6O5. The van der Waals surface area contributed by atoms with Gasteiger partial charge >= 0.3 is 12.0 Å². The molecule has 3 aliphatic rings. The first-order valence-electron chi connectivity index (χ1n) is 16.9. The van der Waals surface area contributed by atoms with Gasteiger partial charge in [0.25, 0.3) is 0 Å². The molecule has 11 nitrogen and oxygen atoms in total. The van der Waals surface area contributed by atoms with E-state index >= 15 is 0 Å². The number of urea groups is 1. The number of nitrogens with zero attached hydrogens (tertiary/aromatic N) is 2. The Hall–Kier alpha value is -4.90. The molecule has 1 aliphatic carbocycles. The van der Waals surface area contributed by atoms with Crippen molar-refractivity contribution in [1.29, 1.82) is 0 Å².